The molecule has 1 atom stereocenters. The lowest BCUT2D eigenvalue weighted by atomic mass is 10.1. The van der Waals surface area contributed by atoms with E-state index in [4.69, 9.17) is 23.2 Å². The van der Waals surface area contributed by atoms with Crippen molar-refractivity contribution in [2.45, 2.75) is 31.7 Å². The number of carbonyl (C=O) groups excluding carboxylic acids is 2. The van der Waals surface area contributed by atoms with Crippen LogP contribution in [0.5, 0.6) is 0 Å². The number of carbonyl (C=O) groups is 2. The van der Waals surface area contributed by atoms with E-state index in [1.165, 1.54) is 11.8 Å². The normalized spacial score (nSPS) is 11.8. The van der Waals surface area contributed by atoms with E-state index in [2.05, 4.69) is 21.2 Å². The smallest absolute Gasteiger partial charge is 0.242 e. The number of likely N-dealkylation sites (N-methyl/N-ethyl adjacent to an activating group) is 1. The van der Waals surface area contributed by atoms with Crippen LogP contribution in [0.15, 0.2) is 46.9 Å². The summed E-state index contributed by atoms with van der Waals surface area (Å²) in [7, 11) is 1.58. The molecule has 0 aliphatic heterocycles. The van der Waals surface area contributed by atoms with Gasteiger partial charge >= 0.3 is 0 Å². The van der Waals surface area contributed by atoms with Gasteiger partial charge in [0.25, 0.3) is 0 Å². The lowest BCUT2D eigenvalue weighted by Gasteiger charge is -2.30. The van der Waals surface area contributed by atoms with Crippen molar-refractivity contribution in [1.82, 2.24) is 10.2 Å². The van der Waals surface area contributed by atoms with Gasteiger partial charge in [-0.1, -0.05) is 64.3 Å². The Morgan fingerprint density at radius 3 is 2.34 bits per heavy atom. The molecule has 2 amide bonds. The summed E-state index contributed by atoms with van der Waals surface area (Å²) in [5, 5.41) is 3.53. The highest BCUT2D eigenvalue weighted by Crippen LogP contribution is 2.24. The van der Waals surface area contributed by atoms with Crippen molar-refractivity contribution in [1.29, 1.82) is 0 Å². The van der Waals surface area contributed by atoms with Gasteiger partial charge in [0, 0.05) is 23.8 Å². The van der Waals surface area contributed by atoms with E-state index in [1.807, 2.05) is 37.3 Å². The molecular formula is C21H23BrCl2N2O2S. The summed E-state index contributed by atoms with van der Waals surface area (Å²) in [4.78, 5) is 27.0. The molecule has 0 fully saturated rings. The molecule has 0 bridgehead atoms. The van der Waals surface area contributed by atoms with Gasteiger partial charge in [0.2, 0.25) is 11.8 Å². The second-order valence-electron chi connectivity index (χ2n) is 6.43. The van der Waals surface area contributed by atoms with Crippen molar-refractivity contribution < 1.29 is 9.59 Å². The van der Waals surface area contributed by atoms with Crippen LogP contribution < -0.4 is 5.32 Å². The second kappa shape index (κ2) is 11.8. The van der Waals surface area contributed by atoms with Crippen LogP contribution in [0.4, 0.5) is 0 Å². The first-order chi connectivity index (χ1) is 13.8. The average Bonchev–Trinajstić information content (AvgIpc) is 2.71. The number of benzene rings is 2. The molecule has 0 saturated heterocycles. The molecule has 0 aromatic heterocycles. The number of amides is 2. The van der Waals surface area contributed by atoms with Gasteiger partial charge in [0.05, 0.1) is 15.8 Å². The van der Waals surface area contributed by atoms with Crippen LogP contribution in [0.25, 0.3) is 0 Å². The van der Waals surface area contributed by atoms with Crippen molar-refractivity contribution in [2.24, 2.45) is 0 Å². The van der Waals surface area contributed by atoms with Gasteiger partial charge in [0.15, 0.2) is 0 Å². The Balaban J connectivity index is 2.11. The zero-order valence-electron chi connectivity index (χ0n) is 16.3. The fourth-order valence-corrected chi connectivity index (χ4v) is 4.30. The Labute approximate surface area is 194 Å². The summed E-state index contributed by atoms with van der Waals surface area (Å²) in [5.74, 6) is 0.730. The lowest BCUT2D eigenvalue weighted by molar-refractivity contribution is -0.139. The molecule has 8 heteroatoms. The van der Waals surface area contributed by atoms with E-state index in [0.29, 0.717) is 23.0 Å². The molecule has 156 valence electrons. The molecule has 0 radical (unpaired) electrons. The van der Waals surface area contributed by atoms with E-state index in [1.54, 1.807) is 24.1 Å². The van der Waals surface area contributed by atoms with Crippen molar-refractivity contribution >= 4 is 62.7 Å². The number of halogens is 3. The van der Waals surface area contributed by atoms with Crippen molar-refractivity contribution in [3.8, 4) is 0 Å². The Morgan fingerprint density at radius 2 is 1.76 bits per heavy atom. The first kappa shape index (κ1) is 24.1. The van der Waals surface area contributed by atoms with Crippen molar-refractivity contribution in [3.63, 3.8) is 0 Å². The number of hydrogen-bond donors (Lipinski definition) is 1. The molecule has 0 spiro atoms. The standard InChI is InChI=1S/C21H23BrCl2N2O2S/c1-3-19(21(28)25-2)26(11-15-6-9-17(23)18(24)10-15)20(27)13-29-12-14-4-7-16(22)8-5-14/h4-10,19H,3,11-13H2,1-2H3,(H,25,28). The maximum Gasteiger partial charge on any atom is 0.242 e. The van der Waals surface area contributed by atoms with Gasteiger partial charge in [-0.3, -0.25) is 9.59 Å². The molecule has 4 nitrogen and oxygen atoms in total. The Hall–Kier alpha value is -1.21. The monoisotopic (exact) mass is 516 g/mol. The minimum Gasteiger partial charge on any atom is -0.357 e. The molecule has 0 aliphatic rings. The van der Waals surface area contributed by atoms with E-state index in [-0.39, 0.29) is 17.6 Å². The summed E-state index contributed by atoms with van der Waals surface area (Å²) < 4.78 is 1.02. The molecule has 0 heterocycles. The Morgan fingerprint density at radius 1 is 1.10 bits per heavy atom. The highest BCUT2D eigenvalue weighted by Gasteiger charge is 2.27. The number of thioether (sulfide) groups is 1. The van der Waals surface area contributed by atoms with Gasteiger partial charge < -0.3 is 10.2 Å². The molecule has 0 aliphatic carbocycles. The number of nitrogens with zero attached hydrogens (tertiary/aromatic N) is 1. The molecule has 1 unspecified atom stereocenters. The maximum atomic E-state index is 13.0. The van der Waals surface area contributed by atoms with Crippen LogP contribution in [0.3, 0.4) is 0 Å². The van der Waals surface area contributed by atoms with Crippen LogP contribution in [-0.4, -0.2) is 35.6 Å². The third kappa shape index (κ3) is 7.21. The maximum absolute atomic E-state index is 13.0. The molecule has 29 heavy (non-hydrogen) atoms. The predicted molar refractivity (Wildman–Crippen MR) is 125 cm³/mol. The van der Waals surface area contributed by atoms with E-state index in [0.717, 1.165) is 21.4 Å². The first-order valence-electron chi connectivity index (χ1n) is 9.12. The summed E-state index contributed by atoms with van der Waals surface area (Å²) in [6.07, 6.45) is 0.518. The molecule has 2 aromatic carbocycles. The third-order valence-electron chi connectivity index (χ3n) is 4.38. The Kier molecular flexibility index (Phi) is 9.83. The molecule has 0 saturated carbocycles. The van der Waals surface area contributed by atoms with Crippen LogP contribution in [-0.2, 0) is 21.9 Å². The van der Waals surface area contributed by atoms with Crippen molar-refractivity contribution in [3.05, 3.63) is 68.1 Å². The van der Waals surface area contributed by atoms with E-state index >= 15 is 0 Å². The van der Waals surface area contributed by atoms with Gasteiger partial charge in [0.1, 0.15) is 6.04 Å². The van der Waals surface area contributed by atoms with E-state index in [9.17, 15) is 9.59 Å². The Bertz CT molecular complexity index is 849. The van der Waals surface area contributed by atoms with Crippen LogP contribution in [0.2, 0.25) is 10.0 Å². The summed E-state index contributed by atoms with van der Waals surface area (Å²) in [5.41, 5.74) is 1.97. The fourth-order valence-electron chi connectivity index (χ4n) is 2.84. The lowest BCUT2D eigenvalue weighted by Crippen LogP contribution is -2.48. The largest absolute Gasteiger partial charge is 0.357 e. The molecule has 2 aromatic rings. The van der Waals surface area contributed by atoms with Gasteiger partial charge in [-0.05, 0) is 41.8 Å². The topological polar surface area (TPSA) is 49.4 Å². The number of hydrogen-bond acceptors (Lipinski definition) is 3. The van der Waals surface area contributed by atoms with Crippen molar-refractivity contribution in [2.75, 3.05) is 12.8 Å². The van der Waals surface area contributed by atoms with Crippen LogP contribution >= 0.6 is 50.9 Å². The highest BCUT2D eigenvalue weighted by molar-refractivity contribution is 9.10. The summed E-state index contributed by atoms with van der Waals surface area (Å²) >= 11 is 17.1. The fraction of sp³-hybridized carbons (Fsp3) is 0.333. The summed E-state index contributed by atoms with van der Waals surface area (Å²) in [6, 6.07) is 12.7. The minimum absolute atomic E-state index is 0.0892. The molecular weight excluding hydrogens is 495 g/mol. The second-order valence-corrected chi connectivity index (χ2v) is 9.14. The van der Waals surface area contributed by atoms with Gasteiger partial charge in [-0.15, -0.1) is 11.8 Å². The highest BCUT2D eigenvalue weighted by atomic mass is 79.9. The SMILES string of the molecule is CCC(C(=O)NC)N(Cc1ccc(Cl)c(Cl)c1)C(=O)CSCc1ccc(Br)cc1. The van der Waals surface area contributed by atoms with Gasteiger partial charge in [-0.25, -0.2) is 0 Å². The van der Waals surface area contributed by atoms with Gasteiger partial charge in [-0.2, -0.15) is 0 Å². The third-order valence-corrected chi connectivity index (χ3v) is 6.63. The quantitative estimate of drug-likeness (QED) is 0.474. The van der Waals surface area contributed by atoms with Crippen LogP contribution in [0.1, 0.15) is 24.5 Å². The zero-order valence-corrected chi connectivity index (χ0v) is 20.2. The zero-order chi connectivity index (χ0) is 21.4. The number of rotatable bonds is 9. The summed E-state index contributed by atoms with van der Waals surface area (Å²) in [6.45, 7) is 2.19. The number of nitrogens with one attached hydrogen (secondary N) is 1. The minimum atomic E-state index is -0.546. The predicted octanol–water partition coefficient (Wildman–Crippen LogP) is 5.54. The average molecular weight is 518 g/mol. The molecule has 1 N–H and O–H groups in total. The van der Waals surface area contributed by atoms with E-state index < -0.39 is 6.04 Å². The first-order valence-corrected chi connectivity index (χ1v) is 11.8. The molecule has 2 rings (SSSR count). The van der Waals surface area contributed by atoms with Crippen LogP contribution in [0, 0.1) is 0 Å².